The van der Waals surface area contributed by atoms with Gasteiger partial charge in [0.25, 0.3) is 0 Å². The van der Waals surface area contributed by atoms with Crippen molar-refractivity contribution in [1.82, 2.24) is 4.98 Å². The van der Waals surface area contributed by atoms with Crippen LogP contribution in [-0.2, 0) is 0 Å². The number of hydrogen-bond acceptors (Lipinski definition) is 1. The molecule has 20 heavy (non-hydrogen) atoms. The zero-order valence-electron chi connectivity index (χ0n) is 14.0. The van der Waals surface area contributed by atoms with Gasteiger partial charge in [0, 0.05) is 5.54 Å². The summed E-state index contributed by atoms with van der Waals surface area (Å²) in [5.74, 6) is 0. The maximum Gasteiger partial charge on any atom is 0.110 e. The standard InChI is InChI=1S/C17H29NSi2/c1-17(2,3)18-20(6,7)19(4,5)16-13-12-14-10-8-9-11-15(14)16/h8-13,16,18H,1-7H3. The third-order valence-corrected chi connectivity index (χ3v) is 22.5. The van der Waals surface area contributed by atoms with E-state index in [9.17, 15) is 0 Å². The quantitative estimate of drug-likeness (QED) is 0.797. The number of rotatable bonds is 3. The minimum absolute atomic E-state index is 0.210. The van der Waals surface area contributed by atoms with E-state index in [1.807, 2.05) is 0 Å². The van der Waals surface area contributed by atoms with E-state index in [0.717, 1.165) is 0 Å². The van der Waals surface area contributed by atoms with E-state index in [1.54, 1.807) is 5.56 Å². The third-order valence-electron chi connectivity index (χ3n) is 4.88. The van der Waals surface area contributed by atoms with Crippen LogP contribution in [0, 0.1) is 0 Å². The highest BCUT2D eigenvalue weighted by Gasteiger charge is 2.48. The van der Waals surface area contributed by atoms with Gasteiger partial charge in [0.1, 0.15) is 7.75 Å². The summed E-state index contributed by atoms with van der Waals surface area (Å²) in [5, 5.41) is 0. The largest absolute Gasteiger partial charge is 0.335 e. The van der Waals surface area contributed by atoms with E-state index in [0.29, 0.717) is 5.54 Å². The van der Waals surface area contributed by atoms with Crippen molar-refractivity contribution in [1.29, 1.82) is 0 Å². The molecule has 0 heterocycles. The van der Waals surface area contributed by atoms with Crippen LogP contribution in [0.25, 0.3) is 6.08 Å². The Balaban J connectivity index is 2.35. The summed E-state index contributed by atoms with van der Waals surface area (Å²) in [7, 11) is -2.88. The smallest absolute Gasteiger partial charge is 0.110 e. The zero-order chi connectivity index (χ0) is 15.2. The topological polar surface area (TPSA) is 12.0 Å². The number of fused-ring (bicyclic) bond motifs is 1. The number of nitrogens with one attached hydrogen (secondary N) is 1. The first-order chi connectivity index (χ1) is 9.05. The maximum atomic E-state index is 4.01. The fourth-order valence-electron chi connectivity index (χ4n) is 3.37. The van der Waals surface area contributed by atoms with Crippen LogP contribution < -0.4 is 4.98 Å². The van der Waals surface area contributed by atoms with Crippen LogP contribution in [0.1, 0.15) is 37.4 Å². The van der Waals surface area contributed by atoms with Crippen LogP contribution in [0.2, 0.25) is 26.2 Å². The predicted molar refractivity (Wildman–Crippen MR) is 96.1 cm³/mol. The fraction of sp³-hybridized carbons (Fsp3) is 0.529. The van der Waals surface area contributed by atoms with Crippen molar-refractivity contribution in [3.8, 4) is 0 Å². The van der Waals surface area contributed by atoms with Gasteiger partial charge in [-0.25, -0.2) is 0 Å². The average molecular weight is 304 g/mol. The second-order valence-electron chi connectivity index (χ2n) is 8.19. The number of hydrogen-bond donors (Lipinski definition) is 1. The van der Waals surface area contributed by atoms with E-state index < -0.39 is 15.3 Å². The van der Waals surface area contributed by atoms with Crippen LogP contribution >= 0.6 is 0 Å². The molecule has 0 amide bonds. The highest BCUT2D eigenvalue weighted by Crippen LogP contribution is 2.40. The van der Waals surface area contributed by atoms with Crippen LogP contribution in [0.4, 0.5) is 0 Å². The summed E-state index contributed by atoms with van der Waals surface area (Å²) in [6, 6.07) is 8.92. The lowest BCUT2D eigenvalue weighted by Gasteiger charge is -2.46. The molecule has 1 unspecified atom stereocenters. The van der Waals surface area contributed by atoms with Gasteiger partial charge < -0.3 is 4.98 Å². The normalized spacial score (nSPS) is 19.2. The molecule has 1 nitrogen and oxygen atoms in total. The summed E-state index contributed by atoms with van der Waals surface area (Å²) < 4.78 is 0. The third kappa shape index (κ3) is 2.85. The Morgan fingerprint density at radius 2 is 1.60 bits per heavy atom. The molecular weight excluding hydrogens is 274 g/mol. The fourth-order valence-corrected chi connectivity index (χ4v) is 13.1. The molecule has 0 aromatic heterocycles. The van der Waals surface area contributed by atoms with Gasteiger partial charge in [-0.15, -0.1) is 0 Å². The van der Waals surface area contributed by atoms with Gasteiger partial charge >= 0.3 is 0 Å². The Morgan fingerprint density at radius 3 is 2.20 bits per heavy atom. The van der Waals surface area contributed by atoms with Gasteiger partial charge in [0.2, 0.25) is 0 Å². The minimum atomic E-state index is -1.46. The van der Waals surface area contributed by atoms with Crippen molar-refractivity contribution in [3.05, 3.63) is 41.5 Å². The molecule has 0 aliphatic heterocycles. The minimum Gasteiger partial charge on any atom is -0.335 e. The van der Waals surface area contributed by atoms with Crippen molar-refractivity contribution in [2.75, 3.05) is 0 Å². The lowest BCUT2D eigenvalue weighted by Crippen LogP contribution is -2.70. The second kappa shape index (κ2) is 4.97. The molecule has 0 saturated heterocycles. The Labute approximate surface area is 126 Å². The van der Waals surface area contributed by atoms with Gasteiger partial charge in [-0.2, -0.15) is 0 Å². The summed E-state index contributed by atoms with van der Waals surface area (Å²) >= 11 is 0. The Hall–Kier alpha value is -0.646. The first-order valence-corrected chi connectivity index (χ1v) is 14.7. The Bertz CT molecular complexity index is 524. The molecule has 0 spiro atoms. The lowest BCUT2D eigenvalue weighted by atomic mass is 10.1. The van der Waals surface area contributed by atoms with E-state index in [2.05, 4.69) is 88.4 Å². The van der Waals surface area contributed by atoms with Crippen molar-refractivity contribution in [2.24, 2.45) is 0 Å². The van der Waals surface area contributed by atoms with E-state index in [-0.39, 0.29) is 5.54 Å². The molecule has 110 valence electrons. The number of benzene rings is 1. The molecule has 1 aliphatic carbocycles. The van der Waals surface area contributed by atoms with Crippen LogP contribution in [-0.4, -0.2) is 20.9 Å². The molecule has 1 N–H and O–H groups in total. The molecule has 3 heteroatoms. The molecule has 1 aromatic carbocycles. The summed E-state index contributed by atoms with van der Waals surface area (Å²) in [5.41, 5.74) is 3.86. The average Bonchev–Trinajstić information content (AvgIpc) is 2.69. The molecule has 1 atom stereocenters. The van der Waals surface area contributed by atoms with Gasteiger partial charge in [-0.1, -0.05) is 62.6 Å². The molecule has 2 rings (SSSR count). The molecule has 1 aromatic rings. The molecule has 1 aliphatic rings. The second-order valence-corrected chi connectivity index (χ2v) is 23.4. The predicted octanol–water partition coefficient (Wildman–Crippen LogP) is 4.72. The van der Waals surface area contributed by atoms with E-state index >= 15 is 0 Å². The molecule has 0 radical (unpaired) electrons. The monoisotopic (exact) mass is 303 g/mol. The van der Waals surface area contributed by atoms with Crippen molar-refractivity contribution >= 4 is 21.4 Å². The summed E-state index contributed by atoms with van der Waals surface area (Å²) in [6.45, 7) is 17.1. The molecule has 0 fully saturated rings. The van der Waals surface area contributed by atoms with E-state index in [4.69, 9.17) is 0 Å². The zero-order valence-corrected chi connectivity index (χ0v) is 16.0. The summed E-state index contributed by atoms with van der Waals surface area (Å²) in [6.07, 6.45) is 4.80. The highest BCUT2D eigenvalue weighted by atomic mass is 29.3. The Morgan fingerprint density at radius 1 is 1.00 bits per heavy atom. The lowest BCUT2D eigenvalue weighted by molar-refractivity contribution is 0.516. The molecular formula is C17H29NSi2. The van der Waals surface area contributed by atoms with Gasteiger partial charge in [-0.3, -0.25) is 0 Å². The van der Waals surface area contributed by atoms with Crippen LogP contribution in [0.15, 0.2) is 30.3 Å². The SMILES string of the molecule is CC(C)(C)N[Si](C)(C)[Si](C)(C)C1C=Cc2ccccc21. The van der Waals surface area contributed by atoms with Crippen LogP contribution in [0.3, 0.4) is 0 Å². The van der Waals surface area contributed by atoms with Gasteiger partial charge in [-0.05, 0) is 37.4 Å². The summed E-state index contributed by atoms with van der Waals surface area (Å²) in [4.78, 5) is 4.01. The van der Waals surface area contributed by atoms with Crippen LogP contribution in [0.5, 0.6) is 0 Å². The first-order valence-electron chi connectivity index (χ1n) is 7.61. The first kappa shape index (κ1) is 15.7. The maximum absolute atomic E-state index is 4.01. The van der Waals surface area contributed by atoms with Gasteiger partial charge in [0.15, 0.2) is 0 Å². The number of allylic oxidation sites excluding steroid dienone is 1. The van der Waals surface area contributed by atoms with Gasteiger partial charge in [0.05, 0.1) is 7.59 Å². The van der Waals surface area contributed by atoms with E-state index in [1.165, 1.54) is 5.56 Å². The highest BCUT2D eigenvalue weighted by molar-refractivity contribution is 7.40. The Kier molecular flexibility index (Phi) is 3.91. The molecule has 0 saturated carbocycles. The van der Waals surface area contributed by atoms with Crippen molar-refractivity contribution in [2.45, 2.75) is 58.0 Å². The van der Waals surface area contributed by atoms with Crippen molar-refractivity contribution in [3.63, 3.8) is 0 Å². The molecule has 0 bridgehead atoms. The van der Waals surface area contributed by atoms with Crippen molar-refractivity contribution < 1.29 is 0 Å².